The van der Waals surface area contributed by atoms with E-state index in [1.165, 1.54) is 0 Å². The summed E-state index contributed by atoms with van der Waals surface area (Å²) < 4.78 is 15.5. The van der Waals surface area contributed by atoms with E-state index in [0.29, 0.717) is 5.39 Å². The van der Waals surface area contributed by atoms with Crippen LogP contribution in [-0.2, 0) is 0 Å². The largest absolute Gasteiger partial charge is 0.396 e. The fraction of sp³-hybridized carbons (Fsp3) is 0.111. The molecule has 2 rings (SSSR count). The first kappa shape index (κ1) is 8.84. The first-order valence-corrected chi connectivity index (χ1v) is 5.78. The van der Waals surface area contributed by atoms with Gasteiger partial charge >= 0.3 is 0 Å². The summed E-state index contributed by atoms with van der Waals surface area (Å²) in [6.45, 7) is 0. The maximum absolute atomic E-state index is 13.4. The molecule has 4 heteroatoms. The molecule has 0 unspecified atom stereocenters. The van der Waals surface area contributed by atoms with Gasteiger partial charge in [-0.25, -0.2) is 4.39 Å². The molecule has 0 saturated heterocycles. The molecule has 68 valence electrons. The predicted molar refractivity (Wildman–Crippen MR) is 58.0 cm³/mol. The zero-order chi connectivity index (χ0) is 9.42. The second-order valence-electron chi connectivity index (χ2n) is 2.65. The molecule has 1 aromatic heterocycles. The molecular weight excluding hydrogens is 205 g/mol. The van der Waals surface area contributed by atoms with Crippen molar-refractivity contribution in [3.8, 4) is 0 Å². The standard InChI is InChI=1S/C9H8FNS2/c1-12-8-4-5-7(13-8)3-2-6(11)9(5)10/h2-4H,11H2,1H3. The van der Waals surface area contributed by atoms with Crippen molar-refractivity contribution >= 4 is 38.9 Å². The third kappa shape index (κ3) is 1.40. The molecule has 0 saturated carbocycles. The number of rotatable bonds is 1. The predicted octanol–water partition coefficient (Wildman–Crippen LogP) is 3.34. The molecule has 1 nitrogen and oxygen atoms in total. The minimum atomic E-state index is -0.297. The number of nitrogens with two attached hydrogens (primary N) is 1. The normalized spacial score (nSPS) is 10.9. The number of nitrogen functional groups attached to an aromatic ring is 1. The van der Waals surface area contributed by atoms with Gasteiger partial charge in [0.2, 0.25) is 0 Å². The van der Waals surface area contributed by atoms with Gasteiger partial charge in [-0.3, -0.25) is 0 Å². The Labute approximate surface area is 83.7 Å². The van der Waals surface area contributed by atoms with Crippen LogP contribution in [0.5, 0.6) is 0 Å². The van der Waals surface area contributed by atoms with Gasteiger partial charge in [-0.05, 0) is 24.5 Å². The fourth-order valence-electron chi connectivity index (χ4n) is 1.17. The average Bonchev–Trinajstić information content (AvgIpc) is 2.55. The van der Waals surface area contributed by atoms with E-state index in [4.69, 9.17) is 5.73 Å². The Morgan fingerprint density at radius 2 is 2.23 bits per heavy atom. The number of fused-ring (bicyclic) bond motifs is 1. The van der Waals surface area contributed by atoms with Crippen LogP contribution in [0.25, 0.3) is 10.1 Å². The molecule has 0 amide bonds. The van der Waals surface area contributed by atoms with E-state index in [0.717, 1.165) is 8.91 Å². The van der Waals surface area contributed by atoms with Crippen LogP contribution in [0.4, 0.5) is 10.1 Å². The highest BCUT2D eigenvalue weighted by atomic mass is 32.2. The summed E-state index contributed by atoms with van der Waals surface area (Å²) in [5.41, 5.74) is 5.68. The van der Waals surface area contributed by atoms with Gasteiger partial charge in [0.25, 0.3) is 0 Å². The van der Waals surface area contributed by atoms with E-state index in [-0.39, 0.29) is 11.5 Å². The Morgan fingerprint density at radius 3 is 2.92 bits per heavy atom. The summed E-state index contributed by atoms with van der Waals surface area (Å²) in [7, 11) is 0. The van der Waals surface area contributed by atoms with Crippen molar-refractivity contribution in [1.29, 1.82) is 0 Å². The summed E-state index contributed by atoms with van der Waals surface area (Å²) >= 11 is 3.21. The van der Waals surface area contributed by atoms with Crippen LogP contribution in [0, 0.1) is 5.82 Å². The van der Waals surface area contributed by atoms with Crippen LogP contribution in [0.1, 0.15) is 0 Å². The highest BCUT2D eigenvalue weighted by Crippen LogP contribution is 2.34. The lowest BCUT2D eigenvalue weighted by Crippen LogP contribution is -1.88. The molecule has 1 heterocycles. The van der Waals surface area contributed by atoms with Gasteiger partial charge in [0.05, 0.1) is 9.90 Å². The summed E-state index contributed by atoms with van der Waals surface area (Å²) in [4.78, 5) is 0. The van der Waals surface area contributed by atoms with Crippen LogP contribution in [0.15, 0.2) is 22.4 Å². The van der Waals surface area contributed by atoms with Gasteiger partial charge in [-0.1, -0.05) is 0 Å². The molecule has 13 heavy (non-hydrogen) atoms. The molecule has 0 aliphatic heterocycles. The van der Waals surface area contributed by atoms with Crippen molar-refractivity contribution in [3.63, 3.8) is 0 Å². The number of hydrogen-bond donors (Lipinski definition) is 1. The Hall–Kier alpha value is -0.740. The van der Waals surface area contributed by atoms with Gasteiger partial charge < -0.3 is 5.73 Å². The number of benzene rings is 1. The molecule has 0 aliphatic rings. The number of halogens is 1. The minimum absolute atomic E-state index is 0.220. The van der Waals surface area contributed by atoms with Gasteiger partial charge in [-0.2, -0.15) is 0 Å². The fourth-order valence-corrected chi connectivity index (χ4v) is 2.80. The van der Waals surface area contributed by atoms with Crippen molar-refractivity contribution in [2.24, 2.45) is 0 Å². The molecule has 2 aromatic rings. The van der Waals surface area contributed by atoms with Gasteiger partial charge in [0, 0.05) is 10.1 Å². The highest BCUT2D eigenvalue weighted by Gasteiger charge is 2.07. The second kappa shape index (κ2) is 3.20. The Morgan fingerprint density at radius 1 is 1.46 bits per heavy atom. The Kier molecular flexibility index (Phi) is 2.17. The van der Waals surface area contributed by atoms with E-state index in [9.17, 15) is 4.39 Å². The Bertz CT molecular complexity index is 450. The number of thiophene rings is 1. The molecule has 2 N–H and O–H groups in total. The zero-order valence-corrected chi connectivity index (χ0v) is 8.64. The lowest BCUT2D eigenvalue weighted by Gasteiger charge is -1.95. The summed E-state index contributed by atoms with van der Waals surface area (Å²) in [5, 5.41) is 0.634. The van der Waals surface area contributed by atoms with Gasteiger partial charge in [0.15, 0.2) is 5.82 Å². The SMILES string of the molecule is CSc1cc2c(F)c(N)ccc2s1. The number of thioether (sulfide) groups is 1. The van der Waals surface area contributed by atoms with E-state index in [1.807, 2.05) is 18.4 Å². The van der Waals surface area contributed by atoms with Crippen molar-refractivity contribution in [3.05, 3.63) is 24.0 Å². The zero-order valence-electron chi connectivity index (χ0n) is 7.00. The van der Waals surface area contributed by atoms with Gasteiger partial charge in [-0.15, -0.1) is 23.1 Å². The number of anilines is 1. The Balaban J connectivity index is 2.76. The average molecular weight is 213 g/mol. The summed E-state index contributed by atoms with van der Waals surface area (Å²) in [5.74, 6) is -0.297. The van der Waals surface area contributed by atoms with Crippen LogP contribution < -0.4 is 5.73 Å². The summed E-state index contributed by atoms with van der Waals surface area (Å²) in [6, 6.07) is 5.31. The monoisotopic (exact) mass is 213 g/mol. The molecule has 0 spiro atoms. The van der Waals surface area contributed by atoms with Crippen LogP contribution in [-0.4, -0.2) is 6.26 Å². The van der Waals surface area contributed by atoms with E-state index in [1.54, 1.807) is 29.2 Å². The molecule has 0 atom stereocenters. The molecular formula is C9H8FNS2. The van der Waals surface area contributed by atoms with Crippen molar-refractivity contribution < 1.29 is 4.39 Å². The lowest BCUT2D eigenvalue weighted by atomic mass is 10.2. The molecule has 0 fully saturated rings. The van der Waals surface area contributed by atoms with E-state index in [2.05, 4.69) is 0 Å². The topological polar surface area (TPSA) is 26.0 Å². The second-order valence-corrected chi connectivity index (χ2v) is 4.84. The van der Waals surface area contributed by atoms with Gasteiger partial charge in [0.1, 0.15) is 0 Å². The highest BCUT2D eigenvalue weighted by molar-refractivity contribution is 8.00. The molecule has 0 bridgehead atoms. The minimum Gasteiger partial charge on any atom is -0.396 e. The molecule has 1 aromatic carbocycles. The molecule has 0 radical (unpaired) electrons. The van der Waals surface area contributed by atoms with Crippen LogP contribution in [0.2, 0.25) is 0 Å². The van der Waals surface area contributed by atoms with Crippen LogP contribution >= 0.6 is 23.1 Å². The smallest absolute Gasteiger partial charge is 0.154 e. The van der Waals surface area contributed by atoms with Crippen molar-refractivity contribution in [1.82, 2.24) is 0 Å². The maximum atomic E-state index is 13.4. The quantitative estimate of drug-likeness (QED) is 0.580. The first-order chi connectivity index (χ1) is 6.22. The first-order valence-electron chi connectivity index (χ1n) is 3.74. The maximum Gasteiger partial charge on any atom is 0.154 e. The lowest BCUT2D eigenvalue weighted by molar-refractivity contribution is 0.644. The summed E-state index contributed by atoms with van der Waals surface area (Å²) in [6.07, 6.45) is 1.98. The van der Waals surface area contributed by atoms with Crippen molar-refractivity contribution in [2.75, 3.05) is 12.0 Å². The number of hydrogen-bond acceptors (Lipinski definition) is 3. The molecule has 0 aliphatic carbocycles. The van der Waals surface area contributed by atoms with Crippen molar-refractivity contribution in [2.45, 2.75) is 4.21 Å². The van der Waals surface area contributed by atoms with E-state index < -0.39 is 0 Å². The van der Waals surface area contributed by atoms with Crippen LogP contribution in [0.3, 0.4) is 0 Å². The third-order valence-corrected chi connectivity index (χ3v) is 4.01. The van der Waals surface area contributed by atoms with E-state index >= 15 is 0 Å². The third-order valence-electron chi connectivity index (χ3n) is 1.84.